The summed E-state index contributed by atoms with van der Waals surface area (Å²) < 4.78 is 0. The monoisotopic (exact) mass is 206 g/mol. The number of benzene rings is 1. The Kier molecular flexibility index (Phi) is 3.11. The van der Waals surface area contributed by atoms with Crippen molar-refractivity contribution in [3.63, 3.8) is 0 Å². The van der Waals surface area contributed by atoms with Gasteiger partial charge in [0.15, 0.2) is 0 Å². The van der Waals surface area contributed by atoms with Gasteiger partial charge in [-0.1, -0.05) is 6.07 Å². The van der Waals surface area contributed by atoms with E-state index in [9.17, 15) is 5.11 Å². The molecule has 0 atom stereocenters. The molecule has 0 aliphatic heterocycles. The Bertz CT molecular complexity index is 319. The average Bonchev–Trinajstić information content (AvgIpc) is 2.22. The van der Waals surface area contributed by atoms with Crippen LogP contribution in [-0.4, -0.2) is 17.3 Å². The molecule has 0 bridgehead atoms. The Balaban J connectivity index is 1.92. The molecular weight excluding hydrogens is 188 g/mol. The van der Waals surface area contributed by atoms with Crippen LogP contribution >= 0.6 is 0 Å². The topological polar surface area (TPSA) is 58.3 Å². The first-order valence-corrected chi connectivity index (χ1v) is 5.54. The Morgan fingerprint density at radius 1 is 1.20 bits per heavy atom. The van der Waals surface area contributed by atoms with Gasteiger partial charge in [-0.2, -0.15) is 0 Å². The lowest BCUT2D eigenvalue weighted by Gasteiger charge is -2.27. The summed E-state index contributed by atoms with van der Waals surface area (Å²) in [5, 5.41) is 12.8. The minimum absolute atomic E-state index is 0.0936. The molecular formula is C12H18N2O. The zero-order valence-electron chi connectivity index (χ0n) is 8.82. The normalized spacial score (nSPS) is 26.2. The van der Waals surface area contributed by atoms with E-state index in [-0.39, 0.29) is 6.10 Å². The van der Waals surface area contributed by atoms with Crippen molar-refractivity contribution in [1.29, 1.82) is 0 Å². The molecule has 15 heavy (non-hydrogen) atoms. The maximum absolute atomic E-state index is 9.39. The number of aliphatic hydroxyl groups is 1. The first-order valence-electron chi connectivity index (χ1n) is 5.54. The van der Waals surface area contributed by atoms with E-state index in [0.29, 0.717) is 6.04 Å². The molecule has 0 unspecified atom stereocenters. The number of nitrogen functional groups attached to an aromatic ring is 1. The molecule has 0 heterocycles. The van der Waals surface area contributed by atoms with E-state index in [1.807, 2.05) is 24.3 Å². The maximum atomic E-state index is 9.39. The molecule has 1 aromatic carbocycles. The molecule has 1 aliphatic rings. The maximum Gasteiger partial charge on any atom is 0.0541 e. The molecule has 3 nitrogen and oxygen atoms in total. The summed E-state index contributed by atoms with van der Waals surface area (Å²) in [6, 6.07) is 8.30. The number of rotatable bonds is 2. The van der Waals surface area contributed by atoms with Gasteiger partial charge in [0, 0.05) is 17.4 Å². The molecule has 3 heteroatoms. The van der Waals surface area contributed by atoms with Crippen LogP contribution in [0.4, 0.5) is 11.4 Å². The van der Waals surface area contributed by atoms with E-state index in [0.717, 1.165) is 37.1 Å². The third-order valence-electron chi connectivity index (χ3n) is 2.95. The van der Waals surface area contributed by atoms with E-state index in [4.69, 9.17) is 5.73 Å². The van der Waals surface area contributed by atoms with Crippen molar-refractivity contribution < 1.29 is 5.11 Å². The summed E-state index contributed by atoms with van der Waals surface area (Å²) in [6.07, 6.45) is 3.79. The first kappa shape index (κ1) is 10.3. The zero-order chi connectivity index (χ0) is 10.7. The molecule has 82 valence electrons. The summed E-state index contributed by atoms with van der Waals surface area (Å²) in [4.78, 5) is 0. The van der Waals surface area contributed by atoms with Gasteiger partial charge in [0.1, 0.15) is 0 Å². The molecule has 1 aliphatic carbocycles. The van der Waals surface area contributed by atoms with E-state index >= 15 is 0 Å². The fourth-order valence-corrected chi connectivity index (χ4v) is 2.08. The summed E-state index contributed by atoms with van der Waals surface area (Å²) in [7, 11) is 0. The zero-order valence-corrected chi connectivity index (χ0v) is 8.82. The summed E-state index contributed by atoms with van der Waals surface area (Å²) in [5.74, 6) is 0. The van der Waals surface area contributed by atoms with Crippen molar-refractivity contribution in [3.05, 3.63) is 24.3 Å². The summed E-state index contributed by atoms with van der Waals surface area (Å²) >= 11 is 0. The van der Waals surface area contributed by atoms with Crippen LogP contribution in [0.1, 0.15) is 25.7 Å². The third-order valence-corrected chi connectivity index (χ3v) is 2.95. The predicted molar refractivity (Wildman–Crippen MR) is 62.7 cm³/mol. The standard InChI is InChI=1S/C12H18N2O/c13-9-2-1-3-11(8-9)14-10-4-6-12(15)7-5-10/h1-3,8,10,12,14-15H,4-7,13H2. The lowest BCUT2D eigenvalue weighted by atomic mass is 9.93. The number of anilines is 2. The van der Waals surface area contributed by atoms with Gasteiger partial charge in [0.2, 0.25) is 0 Å². The molecule has 1 saturated carbocycles. The van der Waals surface area contributed by atoms with Gasteiger partial charge in [-0.3, -0.25) is 0 Å². The van der Waals surface area contributed by atoms with Crippen LogP contribution in [0.25, 0.3) is 0 Å². The van der Waals surface area contributed by atoms with Crippen molar-refractivity contribution in [2.45, 2.75) is 37.8 Å². The molecule has 0 aromatic heterocycles. The summed E-state index contributed by atoms with van der Waals surface area (Å²) in [5.41, 5.74) is 7.57. The largest absolute Gasteiger partial charge is 0.399 e. The van der Waals surface area contributed by atoms with Gasteiger partial charge < -0.3 is 16.2 Å². The van der Waals surface area contributed by atoms with Crippen LogP contribution < -0.4 is 11.1 Å². The Morgan fingerprint density at radius 3 is 2.60 bits per heavy atom. The highest BCUT2D eigenvalue weighted by atomic mass is 16.3. The van der Waals surface area contributed by atoms with Crippen molar-refractivity contribution in [2.24, 2.45) is 0 Å². The number of aliphatic hydroxyl groups excluding tert-OH is 1. The summed E-state index contributed by atoms with van der Waals surface area (Å²) in [6.45, 7) is 0. The SMILES string of the molecule is Nc1cccc(NC2CCC(O)CC2)c1. The molecule has 0 saturated heterocycles. The van der Waals surface area contributed by atoms with Crippen LogP contribution in [0.15, 0.2) is 24.3 Å². The molecule has 4 N–H and O–H groups in total. The molecule has 0 radical (unpaired) electrons. The molecule has 1 fully saturated rings. The molecule has 0 spiro atoms. The molecule has 2 rings (SSSR count). The quantitative estimate of drug-likeness (QED) is 0.648. The van der Waals surface area contributed by atoms with Crippen molar-refractivity contribution >= 4 is 11.4 Å². The molecule has 1 aromatic rings. The minimum atomic E-state index is -0.0936. The van der Waals surface area contributed by atoms with Gasteiger partial charge in [0.25, 0.3) is 0 Å². The van der Waals surface area contributed by atoms with Gasteiger partial charge in [-0.25, -0.2) is 0 Å². The van der Waals surface area contributed by atoms with Crippen LogP contribution in [-0.2, 0) is 0 Å². The van der Waals surface area contributed by atoms with E-state index in [1.165, 1.54) is 0 Å². The minimum Gasteiger partial charge on any atom is -0.399 e. The van der Waals surface area contributed by atoms with Gasteiger partial charge in [-0.15, -0.1) is 0 Å². The van der Waals surface area contributed by atoms with Gasteiger partial charge in [0.05, 0.1) is 6.10 Å². The Labute approximate surface area is 90.3 Å². The third kappa shape index (κ3) is 2.86. The van der Waals surface area contributed by atoms with Crippen molar-refractivity contribution in [2.75, 3.05) is 11.1 Å². The highest BCUT2D eigenvalue weighted by molar-refractivity contribution is 5.54. The van der Waals surface area contributed by atoms with Crippen LogP contribution in [0.3, 0.4) is 0 Å². The van der Waals surface area contributed by atoms with E-state index < -0.39 is 0 Å². The van der Waals surface area contributed by atoms with Crippen LogP contribution in [0, 0.1) is 0 Å². The average molecular weight is 206 g/mol. The Hall–Kier alpha value is -1.22. The van der Waals surface area contributed by atoms with E-state index in [2.05, 4.69) is 5.32 Å². The van der Waals surface area contributed by atoms with Crippen molar-refractivity contribution in [3.8, 4) is 0 Å². The second kappa shape index (κ2) is 4.53. The Morgan fingerprint density at radius 2 is 1.93 bits per heavy atom. The van der Waals surface area contributed by atoms with Crippen LogP contribution in [0.2, 0.25) is 0 Å². The fraction of sp³-hybridized carbons (Fsp3) is 0.500. The lowest BCUT2D eigenvalue weighted by Crippen LogP contribution is -2.28. The van der Waals surface area contributed by atoms with Crippen LogP contribution in [0.5, 0.6) is 0 Å². The van der Waals surface area contributed by atoms with Crippen molar-refractivity contribution in [1.82, 2.24) is 0 Å². The second-order valence-corrected chi connectivity index (χ2v) is 4.28. The first-order chi connectivity index (χ1) is 7.24. The number of nitrogens with one attached hydrogen (secondary N) is 1. The highest BCUT2D eigenvalue weighted by Gasteiger charge is 2.18. The van der Waals surface area contributed by atoms with Gasteiger partial charge in [-0.05, 0) is 43.9 Å². The number of hydrogen-bond donors (Lipinski definition) is 3. The highest BCUT2D eigenvalue weighted by Crippen LogP contribution is 2.22. The number of hydrogen-bond acceptors (Lipinski definition) is 3. The predicted octanol–water partition coefficient (Wildman–Crippen LogP) is 1.98. The second-order valence-electron chi connectivity index (χ2n) is 4.28. The molecule has 0 amide bonds. The lowest BCUT2D eigenvalue weighted by molar-refractivity contribution is 0.126. The fourth-order valence-electron chi connectivity index (χ4n) is 2.08. The smallest absolute Gasteiger partial charge is 0.0541 e. The number of nitrogens with two attached hydrogens (primary N) is 1. The van der Waals surface area contributed by atoms with Gasteiger partial charge >= 0.3 is 0 Å². The van der Waals surface area contributed by atoms with E-state index in [1.54, 1.807) is 0 Å².